The van der Waals surface area contributed by atoms with Crippen LogP contribution >= 0.6 is 0 Å². The average molecular weight is 238 g/mol. The highest BCUT2D eigenvalue weighted by Gasteiger charge is 2.27. The lowest BCUT2D eigenvalue weighted by atomic mass is 10.0. The summed E-state index contributed by atoms with van der Waals surface area (Å²) < 4.78 is 10.8. The third-order valence-corrected chi connectivity index (χ3v) is 3.21. The molecule has 17 heavy (non-hydrogen) atoms. The van der Waals surface area contributed by atoms with Gasteiger partial charge in [0.2, 0.25) is 0 Å². The topological polar surface area (TPSA) is 38.7 Å². The van der Waals surface area contributed by atoms with Crippen LogP contribution in [0.3, 0.4) is 0 Å². The number of benzene rings is 1. The van der Waals surface area contributed by atoms with Gasteiger partial charge in [-0.2, -0.15) is 0 Å². The van der Waals surface area contributed by atoms with Crippen molar-refractivity contribution in [2.75, 3.05) is 13.7 Å². The van der Waals surface area contributed by atoms with Crippen molar-refractivity contribution in [3.63, 3.8) is 0 Å². The summed E-state index contributed by atoms with van der Waals surface area (Å²) >= 11 is 0. The van der Waals surface area contributed by atoms with Gasteiger partial charge in [-0.1, -0.05) is 6.07 Å². The van der Waals surface area contributed by atoms with E-state index in [2.05, 4.69) is 6.92 Å². The molecule has 3 nitrogen and oxygen atoms in total. The summed E-state index contributed by atoms with van der Waals surface area (Å²) in [6, 6.07) is 5.90. The number of hydrogen-bond acceptors (Lipinski definition) is 3. The minimum Gasteiger partial charge on any atom is -0.491 e. The van der Waals surface area contributed by atoms with Crippen molar-refractivity contribution in [2.24, 2.45) is 0 Å². The van der Waals surface area contributed by atoms with Gasteiger partial charge in [0.15, 0.2) is 0 Å². The molecule has 0 heterocycles. The molecule has 0 aliphatic rings. The first-order valence-corrected chi connectivity index (χ1v) is 5.80. The lowest BCUT2D eigenvalue weighted by molar-refractivity contribution is -0.0914. The van der Waals surface area contributed by atoms with E-state index in [0.29, 0.717) is 0 Å². The fourth-order valence-electron chi connectivity index (χ4n) is 1.32. The van der Waals surface area contributed by atoms with Crippen molar-refractivity contribution in [1.82, 2.24) is 0 Å². The zero-order valence-electron chi connectivity index (χ0n) is 11.3. The van der Waals surface area contributed by atoms with Crippen LogP contribution in [0, 0.1) is 13.8 Å². The summed E-state index contributed by atoms with van der Waals surface area (Å²) in [7, 11) is 1.58. The lowest BCUT2D eigenvalue weighted by Gasteiger charge is -2.28. The Labute approximate surface area is 103 Å². The van der Waals surface area contributed by atoms with Crippen LogP contribution < -0.4 is 4.74 Å². The molecule has 0 aromatic heterocycles. The molecule has 1 aromatic carbocycles. The van der Waals surface area contributed by atoms with Crippen molar-refractivity contribution in [3.05, 3.63) is 29.3 Å². The van der Waals surface area contributed by atoms with Crippen LogP contribution in [0.25, 0.3) is 0 Å². The van der Waals surface area contributed by atoms with Gasteiger partial charge in [-0.3, -0.25) is 0 Å². The van der Waals surface area contributed by atoms with E-state index in [1.807, 2.05) is 39.0 Å². The van der Waals surface area contributed by atoms with Crippen LogP contribution in [0.4, 0.5) is 0 Å². The molecule has 1 N–H and O–H groups in total. The smallest absolute Gasteiger partial charge is 0.119 e. The van der Waals surface area contributed by atoms with Crippen LogP contribution in [-0.2, 0) is 4.74 Å². The van der Waals surface area contributed by atoms with Crippen molar-refractivity contribution in [1.29, 1.82) is 0 Å². The normalized spacial score (nSPS) is 13.5. The van der Waals surface area contributed by atoms with Gasteiger partial charge in [0, 0.05) is 7.11 Å². The Bertz CT molecular complexity index is 372. The third kappa shape index (κ3) is 3.72. The molecule has 1 unspecified atom stereocenters. The maximum atomic E-state index is 9.91. The first-order valence-electron chi connectivity index (χ1n) is 5.80. The number of methoxy groups -OCH3 is 1. The van der Waals surface area contributed by atoms with Crippen molar-refractivity contribution < 1.29 is 14.6 Å². The molecule has 0 bridgehead atoms. The Morgan fingerprint density at radius 2 is 1.88 bits per heavy atom. The molecule has 3 heteroatoms. The Morgan fingerprint density at radius 3 is 2.41 bits per heavy atom. The summed E-state index contributed by atoms with van der Waals surface area (Å²) in [6.07, 6.45) is -0.658. The van der Waals surface area contributed by atoms with E-state index in [4.69, 9.17) is 9.47 Å². The van der Waals surface area contributed by atoms with Crippen molar-refractivity contribution >= 4 is 0 Å². The largest absolute Gasteiger partial charge is 0.491 e. The van der Waals surface area contributed by atoms with Gasteiger partial charge in [-0.25, -0.2) is 0 Å². The number of ether oxygens (including phenoxy) is 2. The van der Waals surface area contributed by atoms with Crippen molar-refractivity contribution in [3.8, 4) is 5.75 Å². The zero-order valence-corrected chi connectivity index (χ0v) is 11.3. The molecule has 0 aliphatic heterocycles. The third-order valence-electron chi connectivity index (χ3n) is 3.21. The van der Waals surface area contributed by atoms with E-state index >= 15 is 0 Å². The summed E-state index contributed by atoms with van der Waals surface area (Å²) in [5, 5.41) is 9.91. The Hall–Kier alpha value is -1.06. The molecule has 0 saturated heterocycles. The lowest BCUT2D eigenvalue weighted by Crippen LogP contribution is -2.42. The highest BCUT2D eigenvalue weighted by Crippen LogP contribution is 2.19. The molecule has 0 aliphatic carbocycles. The number of aliphatic hydroxyl groups excluding tert-OH is 1. The molecule has 1 rings (SSSR count). The molecule has 0 spiro atoms. The van der Waals surface area contributed by atoms with Crippen LogP contribution in [0.5, 0.6) is 5.75 Å². The van der Waals surface area contributed by atoms with Gasteiger partial charge in [0.25, 0.3) is 0 Å². The van der Waals surface area contributed by atoms with Gasteiger partial charge in [-0.05, 0) is 51.0 Å². The Morgan fingerprint density at radius 1 is 1.24 bits per heavy atom. The Balaban J connectivity index is 2.59. The van der Waals surface area contributed by atoms with Gasteiger partial charge >= 0.3 is 0 Å². The van der Waals surface area contributed by atoms with Crippen LogP contribution in [0.1, 0.15) is 25.0 Å². The molecule has 0 fully saturated rings. The Kier molecular flexibility index (Phi) is 4.54. The van der Waals surface area contributed by atoms with Crippen LogP contribution in [0.2, 0.25) is 0 Å². The van der Waals surface area contributed by atoms with Crippen LogP contribution in [-0.4, -0.2) is 30.5 Å². The summed E-state index contributed by atoms with van der Waals surface area (Å²) in [5.41, 5.74) is 1.82. The number of rotatable bonds is 5. The van der Waals surface area contributed by atoms with Gasteiger partial charge in [0.1, 0.15) is 18.5 Å². The monoisotopic (exact) mass is 238 g/mol. The maximum absolute atomic E-state index is 9.91. The predicted molar refractivity (Wildman–Crippen MR) is 68.5 cm³/mol. The van der Waals surface area contributed by atoms with E-state index in [1.165, 1.54) is 11.1 Å². The molecule has 0 radical (unpaired) electrons. The first kappa shape index (κ1) is 14.0. The molecule has 0 amide bonds. The molecular formula is C14H22O3. The quantitative estimate of drug-likeness (QED) is 0.856. The first-order chi connectivity index (χ1) is 7.86. The summed E-state index contributed by atoms with van der Waals surface area (Å²) in [4.78, 5) is 0. The van der Waals surface area contributed by atoms with Crippen molar-refractivity contribution in [2.45, 2.75) is 39.4 Å². The fourth-order valence-corrected chi connectivity index (χ4v) is 1.32. The number of hydrogen-bond donors (Lipinski definition) is 1. The maximum Gasteiger partial charge on any atom is 0.119 e. The van der Waals surface area contributed by atoms with Crippen LogP contribution in [0.15, 0.2) is 18.2 Å². The highest BCUT2D eigenvalue weighted by atomic mass is 16.5. The molecule has 1 atom stereocenters. The summed E-state index contributed by atoms with van der Waals surface area (Å²) in [6.45, 7) is 7.99. The fraction of sp³-hybridized carbons (Fsp3) is 0.571. The van der Waals surface area contributed by atoms with E-state index in [1.54, 1.807) is 7.11 Å². The molecular weight excluding hydrogens is 216 g/mol. The number of aryl methyl sites for hydroxylation is 2. The standard InChI is InChI=1S/C14H22O3/c1-10-6-7-12(8-11(10)2)17-9-13(15)14(3,4)16-5/h6-8,13,15H,9H2,1-5H3. The molecule has 0 saturated carbocycles. The average Bonchev–Trinajstić information content (AvgIpc) is 2.30. The minimum absolute atomic E-state index is 0.226. The predicted octanol–water partition coefficient (Wildman–Crippen LogP) is 2.47. The SMILES string of the molecule is COC(C)(C)C(O)COc1ccc(C)c(C)c1. The second kappa shape index (κ2) is 5.52. The second-order valence-electron chi connectivity index (χ2n) is 4.88. The van der Waals surface area contributed by atoms with Gasteiger partial charge in [-0.15, -0.1) is 0 Å². The van der Waals surface area contributed by atoms with E-state index in [9.17, 15) is 5.11 Å². The summed E-state index contributed by atoms with van der Waals surface area (Å²) in [5.74, 6) is 0.777. The zero-order chi connectivity index (χ0) is 13.1. The minimum atomic E-state index is -0.658. The van der Waals surface area contributed by atoms with E-state index < -0.39 is 11.7 Å². The highest BCUT2D eigenvalue weighted by molar-refractivity contribution is 5.33. The van der Waals surface area contributed by atoms with E-state index in [0.717, 1.165) is 5.75 Å². The number of aliphatic hydroxyl groups is 1. The molecule has 1 aromatic rings. The second-order valence-corrected chi connectivity index (χ2v) is 4.88. The molecule has 96 valence electrons. The van der Waals surface area contributed by atoms with Gasteiger partial charge in [0.05, 0.1) is 5.60 Å². The van der Waals surface area contributed by atoms with Gasteiger partial charge < -0.3 is 14.6 Å². The van der Waals surface area contributed by atoms with E-state index in [-0.39, 0.29) is 6.61 Å².